The van der Waals surface area contributed by atoms with E-state index in [0.29, 0.717) is 15.7 Å². The summed E-state index contributed by atoms with van der Waals surface area (Å²) in [5.41, 5.74) is 0. The minimum atomic E-state index is -3.92. The minimum Gasteiger partial charge on any atom is -0.253 e. The average Bonchev–Trinajstić information content (AvgIpc) is 3.09. The number of nitrogens with zero attached hydrogens (tertiary/aromatic N) is 2. The van der Waals surface area contributed by atoms with Crippen LogP contribution in [0.2, 0.25) is 15.1 Å². The lowest BCUT2D eigenvalue weighted by Crippen LogP contribution is -2.13. The van der Waals surface area contributed by atoms with Crippen molar-refractivity contribution in [2.75, 3.05) is 4.72 Å². The van der Waals surface area contributed by atoms with E-state index >= 15 is 0 Å². The van der Waals surface area contributed by atoms with E-state index in [0.717, 1.165) is 11.5 Å². The third-order valence-electron chi connectivity index (χ3n) is 2.65. The van der Waals surface area contributed by atoms with Gasteiger partial charge in [-0.2, -0.15) is 9.36 Å². The van der Waals surface area contributed by atoms with E-state index in [4.69, 9.17) is 34.8 Å². The Hall–Kier alpha value is -0.900. The van der Waals surface area contributed by atoms with Gasteiger partial charge in [0.15, 0.2) is 5.82 Å². The lowest BCUT2D eigenvalue weighted by atomic mass is 10.4. The van der Waals surface area contributed by atoms with Gasteiger partial charge < -0.3 is 0 Å². The highest BCUT2D eigenvalue weighted by atomic mass is 35.5. The van der Waals surface area contributed by atoms with Crippen LogP contribution in [-0.4, -0.2) is 17.8 Å². The first-order chi connectivity index (χ1) is 10.9. The number of thiophene rings is 1. The lowest BCUT2D eigenvalue weighted by molar-refractivity contribution is 0.601. The summed E-state index contributed by atoms with van der Waals surface area (Å²) in [6.45, 7) is 0. The highest BCUT2D eigenvalue weighted by Gasteiger charge is 2.21. The molecule has 3 rings (SSSR count). The number of halogens is 3. The Morgan fingerprint density at radius 3 is 2.57 bits per heavy atom. The zero-order chi connectivity index (χ0) is 16.6. The fourth-order valence-electron chi connectivity index (χ4n) is 1.66. The van der Waals surface area contributed by atoms with Crippen LogP contribution < -0.4 is 4.72 Å². The zero-order valence-electron chi connectivity index (χ0n) is 11.0. The van der Waals surface area contributed by atoms with Gasteiger partial charge in [0.25, 0.3) is 10.0 Å². The molecular weight excluding hydrogens is 421 g/mol. The number of aromatic nitrogens is 2. The number of benzene rings is 1. The number of nitrogens with one attached hydrogen (secondary N) is 1. The molecule has 0 spiro atoms. The van der Waals surface area contributed by atoms with Gasteiger partial charge in [-0.15, -0.1) is 11.3 Å². The first-order valence-electron chi connectivity index (χ1n) is 5.92. The van der Waals surface area contributed by atoms with Crippen molar-refractivity contribution in [3.05, 3.63) is 44.7 Å². The third kappa shape index (κ3) is 3.62. The largest absolute Gasteiger partial charge is 0.265 e. The van der Waals surface area contributed by atoms with Gasteiger partial charge >= 0.3 is 0 Å². The monoisotopic (exact) mass is 425 g/mol. The number of anilines is 1. The van der Waals surface area contributed by atoms with E-state index in [2.05, 4.69) is 14.1 Å². The molecule has 2 heterocycles. The second-order valence-electron chi connectivity index (χ2n) is 4.20. The van der Waals surface area contributed by atoms with Crippen molar-refractivity contribution in [3.63, 3.8) is 0 Å². The summed E-state index contributed by atoms with van der Waals surface area (Å²) in [6.07, 6.45) is 0. The van der Waals surface area contributed by atoms with Crippen molar-refractivity contribution < 1.29 is 8.42 Å². The van der Waals surface area contributed by atoms with Gasteiger partial charge in [0, 0.05) is 16.6 Å². The molecule has 0 bridgehead atoms. The molecular formula is C12H6Cl3N3O2S3. The van der Waals surface area contributed by atoms with Crippen LogP contribution in [0.5, 0.6) is 0 Å². The second kappa shape index (κ2) is 6.54. The summed E-state index contributed by atoms with van der Waals surface area (Å²) in [4.78, 5) is 4.69. The molecule has 0 unspecified atom stereocenters. The van der Waals surface area contributed by atoms with E-state index in [-0.39, 0.29) is 20.1 Å². The SMILES string of the molecule is O=S(=O)(Nc1nc(-c2sccc2Cl)ns1)c1cc(Cl)ccc1Cl. The topological polar surface area (TPSA) is 72.0 Å². The molecule has 2 aromatic heterocycles. The van der Waals surface area contributed by atoms with Crippen molar-refractivity contribution in [1.29, 1.82) is 0 Å². The molecule has 0 atom stereocenters. The summed E-state index contributed by atoms with van der Waals surface area (Å²) in [7, 11) is -3.92. The predicted molar refractivity (Wildman–Crippen MR) is 95.5 cm³/mol. The molecule has 0 aliphatic heterocycles. The molecule has 11 heteroatoms. The molecule has 0 amide bonds. The molecule has 0 saturated carbocycles. The van der Waals surface area contributed by atoms with Crippen LogP contribution in [0, 0.1) is 0 Å². The summed E-state index contributed by atoms with van der Waals surface area (Å²) < 4.78 is 31.2. The van der Waals surface area contributed by atoms with Crippen molar-refractivity contribution in [1.82, 2.24) is 9.36 Å². The summed E-state index contributed by atoms with van der Waals surface area (Å²) >= 11 is 20.0. The Kier molecular flexibility index (Phi) is 4.82. The molecule has 1 aromatic carbocycles. The van der Waals surface area contributed by atoms with Crippen LogP contribution in [-0.2, 0) is 10.0 Å². The number of rotatable bonds is 4. The second-order valence-corrected chi connectivity index (χ2v) is 8.77. The van der Waals surface area contributed by atoms with Crippen LogP contribution >= 0.6 is 57.7 Å². The van der Waals surface area contributed by atoms with Gasteiger partial charge in [0.05, 0.1) is 14.9 Å². The molecule has 0 saturated heterocycles. The fourth-order valence-corrected chi connectivity index (χ4v) is 5.36. The standard InChI is InChI=1S/C12H6Cl3N3O2S3/c13-6-1-2-7(14)9(5-6)23(19,20)18-12-16-11(17-22-12)10-8(15)3-4-21-10/h1-5H,(H,16,17,18). The van der Waals surface area contributed by atoms with Crippen molar-refractivity contribution in [2.24, 2.45) is 0 Å². The van der Waals surface area contributed by atoms with Crippen LogP contribution in [0.3, 0.4) is 0 Å². The highest BCUT2D eigenvalue weighted by molar-refractivity contribution is 7.93. The molecule has 3 aromatic rings. The smallest absolute Gasteiger partial charge is 0.253 e. The Morgan fingerprint density at radius 1 is 1.09 bits per heavy atom. The van der Waals surface area contributed by atoms with Crippen LogP contribution in [0.1, 0.15) is 0 Å². The Bertz CT molecular complexity index is 969. The minimum absolute atomic E-state index is 0.0629. The van der Waals surface area contributed by atoms with E-state index in [1.54, 1.807) is 11.4 Å². The van der Waals surface area contributed by atoms with Gasteiger partial charge in [-0.1, -0.05) is 34.8 Å². The summed E-state index contributed by atoms with van der Waals surface area (Å²) in [6, 6.07) is 5.91. The maximum Gasteiger partial charge on any atom is 0.265 e. The van der Waals surface area contributed by atoms with Crippen molar-refractivity contribution in [2.45, 2.75) is 4.90 Å². The first-order valence-corrected chi connectivity index (χ1v) is 10.2. The summed E-state index contributed by atoms with van der Waals surface area (Å²) in [5, 5.41) is 2.75. The van der Waals surface area contributed by atoms with Gasteiger partial charge in [0.2, 0.25) is 5.13 Å². The molecule has 120 valence electrons. The fraction of sp³-hybridized carbons (Fsp3) is 0. The maximum atomic E-state index is 12.4. The van der Waals surface area contributed by atoms with Gasteiger partial charge in [-0.25, -0.2) is 8.42 Å². The number of sulfonamides is 1. The molecule has 1 N–H and O–H groups in total. The lowest BCUT2D eigenvalue weighted by Gasteiger charge is -2.06. The van der Waals surface area contributed by atoms with Gasteiger partial charge in [-0.05, 0) is 29.6 Å². The third-order valence-corrected chi connectivity index (χ3v) is 6.80. The average molecular weight is 427 g/mol. The Labute approximate surface area is 155 Å². The maximum absolute atomic E-state index is 12.4. The molecule has 5 nitrogen and oxygen atoms in total. The Morgan fingerprint density at radius 2 is 1.87 bits per heavy atom. The molecule has 0 fully saturated rings. The van der Waals surface area contributed by atoms with E-state index in [1.807, 2.05) is 0 Å². The zero-order valence-corrected chi connectivity index (χ0v) is 15.7. The molecule has 0 aliphatic carbocycles. The predicted octanol–water partition coefficient (Wildman–Crippen LogP) is 5.03. The molecule has 0 aliphatic rings. The van der Waals surface area contributed by atoms with E-state index < -0.39 is 10.0 Å². The van der Waals surface area contributed by atoms with E-state index in [1.165, 1.54) is 29.5 Å². The Balaban J connectivity index is 1.91. The first kappa shape index (κ1) is 16.9. The van der Waals surface area contributed by atoms with Gasteiger partial charge in [-0.3, -0.25) is 4.72 Å². The highest BCUT2D eigenvalue weighted by Crippen LogP contribution is 2.33. The van der Waals surface area contributed by atoms with Crippen molar-refractivity contribution in [3.8, 4) is 10.7 Å². The number of hydrogen-bond donors (Lipinski definition) is 1. The van der Waals surface area contributed by atoms with E-state index in [9.17, 15) is 8.42 Å². The normalized spacial score (nSPS) is 11.6. The van der Waals surface area contributed by atoms with Crippen LogP contribution in [0.15, 0.2) is 34.5 Å². The molecule has 23 heavy (non-hydrogen) atoms. The van der Waals surface area contributed by atoms with Crippen molar-refractivity contribution >= 4 is 72.8 Å². The quantitative estimate of drug-likeness (QED) is 0.635. The van der Waals surface area contributed by atoms with Crippen LogP contribution in [0.25, 0.3) is 10.7 Å². The van der Waals surface area contributed by atoms with Crippen LogP contribution in [0.4, 0.5) is 5.13 Å². The molecule has 0 radical (unpaired) electrons. The number of hydrogen-bond acceptors (Lipinski definition) is 6. The van der Waals surface area contributed by atoms with Gasteiger partial charge in [0.1, 0.15) is 4.90 Å². The summed E-state index contributed by atoms with van der Waals surface area (Å²) in [5.74, 6) is 0.366.